The maximum atomic E-state index is 12.3. The largest absolute Gasteiger partial charge is 0.480 e. The summed E-state index contributed by atoms with van der Waals surface area (Å²) in [5.41, 5.74) is -0.669. The SMILES string of the molecule is CC1(C(=O)N2C[C@@H](O)C[C@H]2C(=O)O)CCCN1. The number of hydrogen-bond acceptors (Lipinski definition) is 4. The molecule has 17 heavy (non-hydrogen) atoms. The van der Waals surface area contributed by atoms with E-state index >= 15 is 0 Å². The number of amides is 1. The van der Waals surface area contributed by atoms with Crippen molar-refractivity contribution in [2.45, 2.75) is 43.9 Å². The van der Waals surface area contributed by atoms with Crippen molar-refractivity contribution < 1.29 is 19.8 Å². The van der Waals surface area contributed by atoms with Crippen LogP contribution in [-0.2, 0) is 9.59 Å². The van der Waals surface area contributed by atoms with Crippen LogP contribution in [0.1, 0.15) is 26.2 Å². The van der Waals surface area contributed by atoms with Crippen LogP contribution in [0.5, 0.6) is 0 Å². The molecule has 2 saturated heterocycles. The van der Waals surface area contributed by atoms with Crippen LogP contribution in [0.25, 0.3) is 0 Å². The molecule has 3 atom stereocenters. The van der Waals surface area contributed by atoms with Crippen molar-refractivity contribution in [1.29, 1.82) is 0 Å². The fourth-order valence-electron chi connectivity index (χ4n) is 2.67. The number of hydrogen-bond donors (Lipinski definition) is 3. The lowest BCUT2D eigenvalue weighted by Gasteiger charge is -2.31. The van der Waals surface area contributed by atoms with Crippen molar-refractivity contribution in [2.75, 3.05) is 13.1 Å². The maximum Gasteiger partial charge on any atom is 0.326 e. The standard InChI is InChI=1S/C11H18N2O4/c1-11(3-2-4-12-11)10(17)13-6-7(14)5-8(13)9(15)16/h7-8,12,14H,2-6H2,1H3,(H,15,16)/t7-,8-,11?/m0/s1. The monoisotopic (exact) mass is 242 g/mol. The fraction of sp³-hybridized carbons (Fsp3) is 0.818. The number of nitrogens with one attached hydrogen (secondary N) is 1. The average Bonchev–Trinajstić information content (AvgIpc) is 2.84. The van der Waals surface area contributed by atoms with Crippen molar-refractivity contribution >= 4 is 11.9 Å². The molecule has 2 aliphatic rings. The van der Waals surface area contributed by atoms with E-state index in [0.29, 0.717) is 6.42 Å². The molecule has 2 heterocycles. The Morgan fingerprint density at radius 3 is 2.71 bits per heavy atom. The maximum absolute atomic E-state index is 12.3. The Hall–Kier alpha value is -1.14. The number of likely N-dealkylation sites (tertiary alicyclic amines) is 1. The first-order valence-electron chi connectivity index (χ1n) is 5.91. The fourth-order valence-corrected chi connectivity index (χ4v) is 2.67. The van der Waals surface area contributed by atoms with Crippen molar-refractivity contribution in [3.05, 3.63) is 0 Å². The van der Waals surface area contributed by atoms with E-state index in [2.05, 4.69) is 5.32 Å². The normalized spacial score (nSPS) is 37.4. The molecule has 2 fully saturated rings. The molecule has 0 aromatic rings. The Kier molecular flexibility index (Phi) is 3.09. The second-order valence-corrected chi connectivity index (χ2v) is 5.06. The highest BCUT2D eigenvalue weighted by Crippen LogP contribution is 2.26. The summed E-state index contributed by atoms with van der Waals surface area (Å²) in [5, 5.41) is 21.7. The first-order valence-corrected chi connectivity index (χ1v) is 5.91. The van der Waals surface area contributed by atoms with Gasteiger partial charge in [-0.25, -0.2) is 4.79 Å². The van der Waals surface area contributed by atoms with E-state index in [-0.39, 0.29) is 18.9 Å². The van der Waals surface area contributed by atoms with Crippen LogP contribution < -0.4 is 5.32 Å². The van der Waals surface area contributed by atoms with E-state index in [9.17, 15) is 14.7 Å². The van der Waals surface area contributed by atoms with Crippen LogP contribution in [0.4, 0.5) is 0 Å². The third kappa shape index (κ3) is 2.14. The van der Waals surface area contributed by atoms with Gasteiger partial charge >= 0.3 is 5.97 Å². The lowest BCUT2D eigenvalue weighted by Crippen LogP contribution is -2.55. The molecule has 3 N–H and O–H groups in total. The van der Waals surface area contributed by atoms with Gasteiger partial charge in [-0.15, -0.1) is 0 Å². The molecule has 0 bridgehead atoms. The van der Waals surface area contributed by atoms with Gasteiger partial charge in [0, 0.05) is 13.0 Å². The molecule has 0 aromatic heterocycles. The molecule has 1 unspecified atom stereocenters. The summed E-state index contributed by atoms with van der Waals surface area (Å²) < 4.78 is 0. The molecule has 0 saturated carbocycles. The second-order valence-electron chi connectivity index (χ2n) is 5.06. The number of β-amino-alcohol motifs (C(OH)–C–C–N with tert-alkyl or cyclic N) is 1. The number of nitrogens with zero attached hydrogens (tertiary/aromatic N) is 1. The van der Waals surface area contributed by atoms with Crippen molar-refractivity contribution in [1.82, 2.24) is 10.2 Å². The predicted octanol–water partition coefficient (Wildman–Crippen LogP) is -0.825. The van der Waals surface area contributed by atoms with Gasteiger partial charge in [-0.3, -0.25) is 4.79 Å². The Labute approximate surface area is 99.6 Å². The van der Waals surface area contributed by atoms with Crippen LogP contribution in [0.15, 0.2) is 0 Å². The minimum absolute atomic E-state index is 0.118. The topological polar surface area (TPSA) is 89.9 Å². The van der Waals surface area contributed by atoms with Gasteiger partial charge in [-0.05, 0) is 26.3 Å². The Morgan fingerprint density at radius 2 is 2.18 bits per heavy atom. The van der Waals surface area contributed by atoms with E-state index in [1.807, 2.05) is 0 Å². The van der Waals surface area contributed by atoms with Gasteiger partial charge in [0.2, 0.25) is 5.91 Å². The van der Waals surface area contributed by atoms with Crippen molar-refractivity contribution in [2.24, 2.45) is 0 Å². The molecule has 0 spiro atoms. The lowest BCUT2D eigenvalue weighted by molar-refractivity contribution is -0.150. The number of carboxylic acids is 1. The van der Waals surface area contributed by atoms with Crippen LogP contribution in [-0.4, -0.2) is 57.8 Å². The third-order valence-corrected chi connectivity index (χ3v) is 3.67. The molecule has 6 nitrogen and oxygen atoms in total. The first kappa shape index (κ1) is 12.3. The molecule has 0 radical (unpaired) electrons. The van der Waals surface area contributed by atoms with Gasteiger partial charge in [0.15, 0.2) is 0 Å². The van der Waals surface area contributed by atoms with Gasteiger partial charge in [0.1, 0.15) is 6.04 Å². The van der Waals surface area contributed by atoms with E-state index in [1.165, 1.54) is 4.90 Å². The highest BCUT2D eigenvalue weighted by Gasteiger charge is 2.46. The number of carbonyl (C=O) groups excluding carboxylic acids is 1. The van der Waals surface area contributed by atoms with Gasteiger partial charge in [0.25, 0.3) is 0 Å². The minimum atomic E-state index is -1.04. The highest BCUT2D eigenvalue weighted by atomic mass is 16.4. The Bertz CT molecular complexity index is 338. The third-order valence-electron chi connectivity index (χ3n) is 3.67. The first-order chi connectivity index (χ1) is 7.94. The Balaban J connectivity index is 2.15. The van der Waals surface area contributed by atoms with E-state index < -0.39 is 23.7 Å². The zero-order chi connectivity index (χ0) is 12.6. The Morgan fingerprint density at radius 1 is 1.47 bits per heavy atom. The summed E-state index contributed by atoms with van der Waals surface area (Å²) in [7, 11) is 0. The molecule has 0 aromatic carbocycles. The summed E-state index contributed by atoms with van der Waals surface area (Å²) in [6.07, 6.45) is 1.02. The number of carboxylic acid groups (broad SMARTS) is 1. The number of aliphatic carboxylic acids is 1. The molecular formula is C11H18N2O4. The molecule has 2 aliphatic heterocycles. The molecular weight excluding hydrogens is 224 g/mol. The summed E-state index contributed by atoms with van der Waals surface area (Å²) in [6.45, 7) is 2.69. The summed E-state index contributed by atoms with van der Waals surface area (Å²) in [4.78, 5) is 24.7. The zero-order valence-corrected chi connectivity index (χ0v) is 9.85. The molecule has 1 amide bonds. The second kappa shape index (κ2) is 4.27. The number of aliphatic hydroxyl groups excluding tert-OH is 1. The van der Waals surface area contributed by atoms with Gasteiger partial charge < -0.3 is 20.4 Å². The molecule has 96 valence electrons. The van der Waals surface area contributed by atoms with Gasteiger partial charge in [0.05, 0.1) is 11.6 Å². The van der Waals surface area contributed by atoms with Crippen LogP contribution in [0.3, 0.4) is 0 Å². The van der Waals surface area contributed by atoms with Gasteiger partial charge in [-0.1, -0.05) is 0 Å². The number of carbonyl (C=O) groups is 2. The number of aliphatic hydroxyl groups is 1. The molecule has 2 rings (SSSR count). The quantitative estimate of drug-likeness (QED) is 0.588. The van der Waals surface area contributed by atoms with Crippen LogP contribution in [0.2, 0.25) is 0 Å². The van der Waals surface area contributed by atoms with E-state index in [1.54, 1.807) is 6.92 Å². The zero-order valence-electron chi connectivity index (χ0n) is 9.85. The summed E-state index contributed by atoms with van der Waals surface area (Å²) in [6, 6.07) is -0.892. The van der Waals surface area contributed by atoms with Crippen LogP contribution in [0, 0.1) is 0 Å². The minimum Gasteiger partial charge on any atom is -0.480 e. The van der Waals surface area contributed by atoms with Gasteiger partial charge in [-0.2, -0.15) is 0 Å². The average molecular weight is 242 g/mol. The van der Waals surface area contributed by atoms with Crippen LogP contribution >= 0.6 is 0 Å². The van der Waals surface area contributed by atoms with E-state index in [4.69, 9.17) is 5.11 Å². The highest BCUT2D eigenvalue weighted by molar-refractivity contribution is 5.90. The number of rotatable bonds is 2. The summed E-state index contributed by atoms with van der Waals surface area (Å²) in [5.74, 6) is -1.25. The predicted molar refractivity (Wildman–Crippen MR) is 59.4 cm³/mol. The summed E-state index contributed by atoms with van der Waals surface area (Å²) >= 11 is 0. The molecule has 0 aliphatic carbocycles. The van der Waals surface area contributed by atoms with Crippen molar-refractivity contribution in [3.8, 4) is 0 Å². The smallest absolute Gasteiger partial charge is 0.326 e. The van der Waals surface area contributed by atoms with E-state index in [0.717, 1.165) is 13.0 Å². The van der Waals surface area contributed by atoms with Crippen molar-refractivity contribution in [3.63, 3.8) is 0 Å². The lowest BCUT2D eigenvalue weighted by atomic mass is 9.98. The molecule has 6 heteroatoms.